The first kappa shape index (κ1) is 16.3. The smallest absolute Gasteiger partial charge is 0.256 e. The standard InChI is InChI=1S/C16H15ClFNO3/c1-22-14-4-2-3-12(17)15(14)16(21)19-9-13(20)10-5-7-11(18)8-6-10/h2-8,13,20H,9H2,1H3,(H,19,21). The second-order valence-electron chi connectivity index (χ2n) is 4.59. The lowest BCUT2D eigenvalue weighted by atomic mass is 10.1. The van der Waals surface area contributed by atoms with Crippen LogP contribution in [-0.4, -0.2) is 24.7 Å². The van der Waals surface area contributed by atoms with E-state index in [1.165, 1.54) is 31.4 Å². The van der Waals surface area contributed by atoms with Gasteiger partial charge in [0.05, 0.1) is 23.8 Å². The highest BCUT2D eigenvalue weighted by Gasteiger charge is 2.17. The molecule has 0 saturated carbocycles. The Bertz CT molecular complexity index is 661. The van der Waals surface area contributed by atoms with Crippen molar-refractivity contribution in [3.05, 3.63) is 64.4 Å². The quantitative estimate of drug-likeness (QED) is 0.889. The maximum Gasteiger partial charge on any atom is 0.256 e. The minimum Gasteiger partial charge on any atom is -0.496 e. The van der Waals surface area contributed by atoms with E-state index in [1.807, 2.05) is 0 Å². The lowest BCUT2D eigenvalue weighted by molar-refractivity contribution is 0.0913. The summed E-state index contributed by atoms with van der Waals surface area (Å²) in [4.78, 5) is 12.2. The van der Waals surface area contributed by atoms with Gasteiger partial charge in [0.25, 0.3) is 5.91 Å². The van der Waals surface area contributed by atoms with E-state index >= 15 is 0 Å². The summed E-state index contributed by atoms with van der Waals surface area (Å²) < 4.78 is 17.9. The summed E-state index contributed by atoms with van der Waals surface area (Å²) in [6, 6.07) is 10.3. The first-order valence-corrected chi connectivity index (χ1v) is 6.95. The summed E-state index contributed by atoms with van der Waals surface area (Å²) in [5.74, 6) is -0.495. The van der Waals surface area contributed by atoms with Gasteiger partial charge in [-0.15, -0.1) is 0 Å². The van der Waals surface area contributed by atoms with Crippen LogP contribution in [0.25, 0.3) is 0 Å². The molecule has 0 aromatic heterocycles. The fraction of sp³-hybridized carbons (Fsp3) is 0.188. The minimum absolute atomic E-state index is 0.0289. The van der Waals surface area contributed by atoms with Crippen LogP contribution in [0.1, 0.15) is 22.0 Å². The molecule has 22 heavy (non-hydrogen) atoms. The van der Waals surface area contributed by atoms with E-state index in [0.29, 0.717) is 11.3 Å². The number of amides is 1. The molecular formula is C16H15ClFNO3. The Morgan fingerprint density at radius 1 is 1.32 bits per heavy atom. The summed E-state index contributed by atoms with van der Waals surface area (Å²) in [6.45, 7) is -0.0289. The van der Waals surface area contributed by atoms with E-state index in [4.69, 9.17) is 16.3 Å². The molecule has 0 radical (unpaired) electrons. The Kier molecular flexibility index (Phi) is 5.35. The van der Waals surface area contributed by atoms with Crippen LogP contribution in [0.2, 0.25) is 5.02 Å². The molecule has 0 saturated heterocycles. The topological polar surface area (TPSA) is 58.6 Å². The van der Waals surface area contributed by atoms with Crippen LogP contribution in [0.5, 0.6) is 5.75 Å². The predicted molar refractivity (Wildman–Crippen MR) is 81.7 cm³/mol. The maximum atomic E-state index is 12.8. The zero-order chi connectivity index (χ0) is 16.1. The summed E-state index contributed by atoms with van der Waals surface area (Å²) >= 11 is 6.01. The molecule has 0 aliphatic rings. The molecule has 1 amide bonds. The summed E-state index contributed by atoms with van der Waals surface area (Å²) in [6.07, 6.45) is -0.946. The maximum absolute atomic E-state index is 12.8. The number of halogens is 2. The van der Waals surface area contributed by atoms with Gasteiger partial charge >= 0.3 is 0 Å². The van der Waals surface area contributed by atoms with E-state index in [0.717, 1.165) is 0 Å². The number of aliphatic hydroxyl groups is 1. The number of rotatable bonds is 5. The van der Waals surface area contributed by atoms with Crippen molar-refractivity contribution in [3.63, 3.8) is 0 Å². The molecule has 2 rings (SSSR count). The monoisotopic (exact) mass is 323 g/mol. The average molecular weight is 324 g/mol. The third-order valence-corrected chi connectivity index (χ3v) is 3.45. The highest BCUT2D eigenvalue weighted by atomic mass is 35.5. The van der Waals surface area contributed by atoms with Crippen LogP contribution in [0.3, 0.4) is 0 Å². The van der Waals surface area contributed by atoms with Gasteiger partial charge in [0, 0.05) is 6.54 Å². The normalized spacial score (nSPS) is 11.8. The molecule has 2 N–H and O–H groups in total. The lowest BCUT2D eigenvalue weighted by Gasteiger charge is -2.14. The predicted octanol–water partition coefficient (Wildman–Crippen LogP) is 2.95. The van der Waals surface area contributed by atoms with Crippen LogP contribution in [0.4, 0.5) is 4.39 Å². The van der Waals surface area contributed by atoms with Gasteiger partial charge < -0.3 is 15.2 Å². The van der Waals surface area contributed by atoms with Crippen molar-refractivity contribution in [1.29, 1.82) is 0 Å². The molecule has 116 valence electrons. The number of ether oxygens (including phenoxy) is 1. The molecule has 6 heteroatoms. The lowest BCUT2D eigenvalue weighted by Crippen LogP contribution is -2.29. The second-order valence-corrected chi connectivity index (χ2v) is 5.00. The third-order valence-electron chi connectivity index (χ3n) is 3.13. The fourth-order valence-corrected chi connectivity index (χ4v) is 2.23. The van der Waals surface area contributed by atoms with Gasteiger partial charge in [-0.05, 0) is 29.8 Å². The number of carbonyl (C=O) groups excluding carboxylic acids is 1. The molecule has 4 nitrogen and oxygen atoms in total. The molecule has 1 atom stereocenters. The fourth-order valence-electron chi connectivity index (χ4n) is 1.98. The van der Waals surface area contributed by atoms with Gasteiger partial charge in [-0.25, -0.2) is 4.39 Å². The third kappa shape index (κ3) is 3.75. The number of methoxy groups -OCH3 is 1. The number of hydrogen-bond acceptors (Lipinski definition) is 3. The number of carbonyl (C=O) groups is 1. The molecule has 0 fully saturated rings. The molecule has 0 heterocycles. The van der Waals surface area contributed by atoms with Gasteiger partial charge in [-0.1, -0.05) is 29.8 Å². The van der Waals surface area contributed by atoms with Gasteiger partial charge in [0.15, 0.2) is 0 Å². The minimum atomic E-state index is -0.946. The van der Waals surface area contributed by atoms with Gasteiger partial charge in [-0.2, -0.15) is 0 Å². The van der Waals surface area contributed by atoms with Crippen molar-refractivity contribution in [2.24, 2.45) is 0 Å². The van der Waals surface area contributed by atoms with Crippen molar-refractivity contribution in [2.75, 3.05) is 13.7 Å². The van der Waals surface area contributed by atoms with E-state index in [2.05, 4.69) is 5.32 Å². The summed E-state index contributed by atoms with van der Waals surface area (Å²) in [5, 5.41) is 12.8. The molecule has 0 bridgehead atoms. The van der Waals surface area contributed by atoms with Crippen LogP contribution < -0.4 is 10.1 Å². The largest absolute Gasteiger partial charge is 0.496 e. The van der Waals surface area contributed by atoms with E-state index < -0.39 is 12.0 Å². The molecule has 0 aliphatic carbocycles. The first-order valence-electron chi connectivity index (χ1n) is 6.57. The highest BCUT2D eigenvalue weighted by Crippen LogP contribution is 2.26. The molecule has 0 spiro atoms. The summed E-state index contributed by atoms with van der Waals surface area (Å²) in [7, 11) is 1.44. The number of benzene rings is 2. The Morgan fingerprint density at radius 2 is 2.00 bits per heavy atom. The van der Waals surface area contributed by atoms with Crippen molar-refractivity contribution in [2.45, 2.75) is 6.10 Å². The van der Waals surface area contributed by atoms with E-state index in [9.17, 15) is 14.3 Å². The molecule has 0 aliphatic heterocycles. The Hall–Kier alpha value is -2.11. The molecular weight excluding hydrogens is 309 g/mol. The van der Waals surface area contributed by atoms with Crippen molar-refractivity contribution in [3.8, 4) is 5.75 Å². The number of nitrogens with one attached hydrogen (secondary N) is 1. The number of aliphatic hydroxyl groups excluding tert-OH is 1. The Labute approximate surface area is 132 Å². The Morgan fingerprint density at radius 3 is 2.64 bits per heavy atom. The van der Waals surface area contributed by atoms with Crippen LogP contribution in [0.15, 0.2) is 42.5 Å². The second kappa shape index (κ2) is 7.24. The van der Waals surface area contributed by atoms with Crippen molar-refractivity contribution < 1.29 is 19.0 Å². The SMILES string of the molecule is COc1cccc(Cl)c1C(=O)NCC(O)c1ccc(F)cc1. The van der Waals surface area contributed by atoms with Crippen LogP contribution in [-0.2, 0) is 0 Å². The van der Waals surface area contributed by atoms with E-state index in [1.54, 1.807) is 18.2 Å². The van der Waals surface area contributed by atoms with Crippen LogP contribution in [0, 0.1) is 5.82 Å². The van der Waals surface area contributed by atoms with Crippen LogP contribution >= 0.6 is 11.6 Å². The van der Waals surface area contributed by atoms with Gasteiger partial charge in [-0.3, -0.25) is 4.79 Å². The van der Waals surface area contributed by atoms with E-state index in [-0.39, 0.29) is 22.9 Å². The van der Waals surface area contributed by atoms with Crippen molar-refractivity contribution in [1.82, 2.24) is 5.32 Å². The zero-order valence-electron chi connectivity index (χ0n) is 11.8. The average Bonchev–Trinajstić information content (AvgIpc) is 2.52. The Balaban J connectivity index is 2.05. The first-order chi connectivity index (χ1) is 10.5. The molecule has 1 unspecified atom stereocenters. The number of hydrogen-bond donors (Lipinski definition) is 2. The highest BCUT2D eigenvalue weighted by molar-refractivity contribution is 6.34. The van der Waals surface area contributed by atoms with Gasteiger partial charge in [0.2, 0.25) is 0 Å². The van der Waals surface area contributed by atoms with Crippen molar-refractivity contribution >= 4 is 17.5 Å². The molecule has 2 aromatic carbocycles. The summed E-state index contributed by atoms with van der Waals surface area (Å²) in [5.41, 5.74) is 0.714. The molecule has 2 aromatic rings. The van der Waals surface area contributed by atoms with Gasteiger partial charge in [0.1, 0.15) is 11.6 Å². The zero-order valence-corrected chi connectivity index (χ0v) is 12.6.